The van der Waals surface area contributed by atoms with Gasteiger partial charge in [-0.25, -0.2) is 4.79 Å². The Morgan fingerprint density at radius 2 is 2.26 bits per heavy atom. The molecule has 19 heavy (non-hydrogen) atoms. The number of hydrogen-bond donors (Lipinski definition) is 0. The monoisotopic (exact) mass is 258 g/mol. The molecule has 1 atom stereocenters. The van der Waals surface area contributed by atoms with Gasteiger partial charge in [0.2, 0.25) is 5.91 Å². The Hall–Kier alpha value is -2.17. The van der Waals surface area contributed by atoms with E-state index < -0.39 is 12.0 Å². The summed E-state index contributed by atoms with van der Waals surface area (Å²) in [5.41, 5.74) is 2.00. The van der Waals surface area contributed by atoms with Crippen molar-refractivity contribution in [2.24, 2.45) is 4.99 Å². The number of carbonyl (C=O) groups excluding carboxylic acids is 2. The fraction of sp³-hybridized carbons (Fsp3) is 0.357. The van der Waals surface area contributed by atoms with Crippen LogP contribution < -0.4 is 0 Å². The van der Waals surface area contributed by atoms with Crippen molar-refractivity contribution in [3.05, 3.63) is 35.4 Å². The minimum absolute atomic E-state index is 0.0701. The topological polar surface area (TPSA) is 59.0 Å². The molecule has 2 aliphatic rings. The van der Waals surface area contributed by atoms with Crippen LogP contribution in [0.1, 0.15) is 24.5 Å². The van der Waals surface area contributed by atoms with Gasteiger partial charge in [-0.3, -0.25) is 14.7 Å². The van der Waals surface area contributed by atoms with Crippen molar-refractivity contribution in [1.29, 1.82) is 0 Å². The van der Waals surface area contributed by atoms with Gasteiger partial charge in [0, 0.05) is 5.56 Å². The average Bonchev–Trinajstić information content (AvgIpc) is 2.78. The predicted octanol–water partition coefficient (Wildman–Crippen LogP) is 1.11. The van der Waals surface area contributed by atoms with Gasteiger partial charge in [0.15, 0.2) is 6.04 Å². The van der Waals surface area contributed by atoms with Crippen LogP contribution in [0, 0.1) is 0 Å². The molecule has 0 spiro atoms. The number of nitrogens with zero attached hydrogens (tertiary/aromatic N) is 2. The van der Waals surface area contributed by atoms with Crippen molar-refractivity contribution >= 4 is 17.7 Å². The molecule has 3 rings (SSSR count). The second kappa shape index (κ2) is 4.50. The summed E-state index contributed by atoms with van der Waals surface area (Å²) in [6, 6.07) is 7.04. The average molecular weight is 258 g/mol. The zero-order valence-electron chi connectivity index (χ0n) is 10.6. The molecule has 98 valence electrons. The van der Waals surface area contributed by atoms with Crippen LogP contribution in [-0.2, 0) is 20.9 Å². The lowest BCUT2D eigenvalue weighted by Crippen LogP contribution is -2.42. The third kappa shape index (κ3) is 1.91. The fourth-order valence-corrected chi connectivity index (χ4v) is 2.46. The molecule has 0 fully saturated rings. The van der Waals surface area contributed by atoms with E-state index in [1.54, 1.807) is 11.8 Å². The summed E-state index contributed by atoms with van der Waals surface area (Å²) in [6.07, 6.45) is 0.0936. The second-order valence-electron chi connectivity index (χ2n) is 4.56. The van der Waals surface area contributed by atoms with E-state index in [2.05, 4.69) is 4.99 Å². The fourth-order valence-electron chi connectivity index (χ4n) is 2.46. The zero-order chi connectivity index (χ0) is 13.4. The Kier molecular flexibility index (Phi) is 2.81. The standard InChI is InChI=1S/C14H14N2O3/c1-2-19-14(18)11-7-12(17)16-8-9-5-3-4-6-10(9)13(16)15-11/h3-6,11H,2,7-8H2,1H3. The maximum absolute atomic E-state index is 12.1. The second-order valence-corrected chi connectivity index (χ2v) is 4.56. The molecule has 1 unspecified atom stereocenters. The lowest BCUT2D eigenvalue weighted by Gasteiger charge is -2.25. The smallest absolute Gasteiger partial charge is 0.331 e. The lowest BCUT2D eigenvalue weighted by atomic mass is 10.1. The molecule has 0 N–H and O–H groups in total. The first kappa shape index (κ1) is 11.9. The predicted molar refractivity (Wildman–Crippen MR) is 68.6 cm³/mol. The van der Waals surface area contributed by atoms with E-state index >= 15 is 0 Å². The summed E-state index contributed by atoms with van der Waals surface area (Å²) >= 11 is 0. The number of aliphatic imine (C=N–C) groups is 1. The van der Waals surface area contributed by atoms with Gasteiger partial charge in [-0.15, -0.1) is 0 Å². The van der Waals surface area contributed by atoms with Crippen LogP contribution in [0.25, 0.3) is 0 Å². The molecule has 0 aliphatic carbocycles. The SMILES string of the molecule is CCOC(=O)C1CC(=O)N2Cc3ccccc3C2=N1. The maximum atomic E-state index is 12.1. The number of carbonyl (C=O) groups is 2. The first-order valence-corrected chi connectivity index (χ1v) is 6.33. The molecule has 2 aliphatic heterocycles. The molecule has 0 bridgehead atoms. The van der Waals surface area contributed by atoms with Crippen molar-refractivity contribution in [2.45, 2.75) is 25.9 Å². The number of esters is 1. The summed E-state index contributed by atoms with van der Waals surface area (Å²) in [5.74, 6) is 0.108. The number of ether oxygens (including phenoxy) is 1. The summed E-state index contributed by atoms with van der Waals surface area (Å²) in [6.45, 7) is 2.59. The minimum Gasteiger partial charge on any atom is -0.464 e. The van der Waals surface area contributed by atoms with Gasteiger partial charge in [-0.1, -0.05) is 24.3 Å². The first-order valence-electron chi connectivity index (χ1n) is 6.33. The number of amides is 1. The lowest BCUT2D eigenvalue weighted by molar-refractivity contribution is -0.147. The highest BCUT2D eigenvalue weighted by atomic mass is 16.5. The number of fused-ring (bicyclic) bond motifs is 3. The van der Waals surface area contributed by atoms with Crippen molar-refractivity contribution < 1.29 is 14.3 Å². The summed E-state index contributed by atoms with van der Waals surface area (Å²) in [5, 5.41) is 0. The Labute approximate surface area is 110 Å². The highest BCUT2D eigenvalue weighted by Crippen LogP contribution is 2.28. The Bertz CT molecular complexity index is 580. The van der Waals surface area contributed by atoms with Crippen LogP contribution in [0.3, 0.4) is 0 Å². The first-order chi connectivity index (χ1) is 9.20. The molecule has 0 saturated heterocycles. The van der Waals surface area contributed by atoms with E-state index in [0.717, 1.165) is 11.1 Å². The Morgan fingerprint density at radius 3 is 3.05 bits per heavy atom. The molecule has 2 heterocycles. The number of amidine groups is 1. The molecule has 0 saturated carbocycles. The Balaban J connectivity index is 1.98. The minimum atomic E-state index is -0.704. The molecular weight excluding hydrogens is 244 g/mol. The van der Waals surface area contributed by atoms with Crippen molar-refractivity contribution in [3.8, 4) is 0 Å². The van der Waals surface area contributed by atoms with Gasteiger partial charge in [0.05, 0.1) is 19.6 Å². The molecular formula is C14H14N2O3. The highest BCUT2D eigenvalue weighted by Gasteiger charge is 2.38. The highest BCUT2D eigenvalue weighted by molar-refractivity contribution is 6.13. The molecule has 0 radical (unpaired) electrons. The molecule has 5 nitrogen and oxygen atoms in total. The van der Waals surface area contributed by atoms with Crippen molar-refractivity contribution in [2.75, 3.05) is 6.61 Å². The number of hydrogen-bond acceptors (Lipinski definition) is 4. The van der Waals surface area contributed by atoms with Crippen LogP contribution in [0.4, 0.5) is 0 Å². The normalized spacial score (nSPS) is 20.7. The summed E-state index contributed by atoms with van der Waals surface area (Å²) < 4.78 is 4.95. The zero-order valence-corrected chi connectivity index (χ0v) is 10.6. The van der Waals surface area contributed by atoms with E-state index in [4.69, 9.17) is 4.74 Å². The maximum Gasteiger partial charge on any atom is 0.331 e. The van der Waals surface area contributed by atoms with E-state index in [1.165, 1.54) is 0 Å². The van der Waals surface area contributed by atoms with Crippen LogP contribution in [0.5, 0.6) is 0 Å². The van der Waals surface area contributed by atoms with Crippen LogP contribution >= 0.6 is 0 Å². The third-order valence-electron chi connectivity index (χ3n) is 3.35. The third-order valence-corrected chi connectivity index (χ3v) is 3.35. The number of benzene rings is 1. The van der Waals surface area contributed by atoms with Gasteiger partial charge in [-0.05, 0) is 12.5 Å². The van der Waals surface area contributed by atoms with Crippen molar-refractivity contribution in [1.82, 2.24) is 4.90 Å². The summed E-state index contributed by atoms with van der Waals surface area (Å²) in [7, 11) is 0. The Morgan fingerprint density at radius 1 is 1.47 bits per heavy atom. The van der Waals surface area contributed by atoms with E-state index in [1.807, 2.05) is 24.3 Å². The molecule has 1 aromatic rings. The largest absolute Gasteiger partial charge is 0.464 e. The van der Waals surface area contributed by atoms with Crippen LogP contribution in [0.15, 0.2) is 29.3 Å². The summed E-state index contributed by atoms with van der Waals surface area (Å²) in [4.78, 5) is 29.9. The van der Waals surface area contributed by atoms with E-state index in [0.29, 0.717) is 19.0 Å². The van der Waals surface area contributed by atoms with Crippen LogP contribution in [0.2, 0.25) is 0 Å². The quantitative estimate of drug-likeness (QED) is 0.747. The number of rotatable bonds is 2. The molecule has 0 aromatic heterocycles. The van der Waals surface area contributed by atoms with Gasteiger partial charge in [0.25, 0.3) is 0 Å². The van der Waals surface area contributed by atoms with Crippen molar-refractivity contribution in [3.63, 3.8) is 0 Å². The van der Waals surface area contributed by atoms with Gasteiger partial charge in [-0.2, -0.15) is 0 Å². The van der Waals surface area contributed by atoms with Gasteiger partial charge < -0.3 is 4.74 Å². The molecule has 1 aromatic carbocycles. The van der Waals surface area contributed by atoms with E-state index in [9.17, 15) is 9.59 Å². The van der Waals surface area contributed by atoms with Gasteiger partial charge in [0.1, 0.15) is 5.84 Å². The van der Waals surface area contributed by atoms with Crippen LogP contribution in [-0.4, -0.2) is 35.3 Å². The van der Waals surface area contributed by atoms with Gasteiger partial charge >= 0.3 is 5.97 Å². The molecule has 1 amide bonds. The molecule has 5 heteroatoms. The van der Waals surface area contributed by atoms with E-state index in [-0.39, 0.29) is 12.3 Å².